The summed E-state index contributed by atoms with van der Waals surface area (Å²) >= 11 is 6.04. The van der Waals surface area contributed by atoms with E-state index in [1.54, 1.807) is 0 Å². The van der Waals surface area contributed by atoms with Crippen LogP contribution in [0.1, 0.15) is 32.8 Å². The number of ether oxygens (including phenoxy) is 1. The fourth-order valence-corrected chi connectivity index (χ4v) is 1.45. The van der Waals surface area contributed by atoms with E-state index in [4.69, 9.17) is 22.1 Å². The molecule has 1 aromatic rings. The SMILES string of the molecule is CCC(C)(C)Oc1cccc(Cl)c1CN. The summed E-state index contributed by atoms with van der Waals surface area (Å²) in [5.41, 5.74) is 6.34. The molecule has 0 spiro atoms. The van der Waals surface area contributed by atoms with Gasteiger partial charge in [-0.2, -0.15) is 0 Å². The summed E-state index contributed by atoms with van der Waals surface area (Å²) < 4.78 is 5.89. The lowest BCUT2D eigenvalue weighted by atomic mass is 10.1. The molecule has 0 aliphatic rings. The number of benzene rings is 1. The van der Waals surface area contributed by atoms with Crippen LogP contribution < -0.4 is 10.5 Å². The third kappa shape index (κ3) is 3.11. The molecule has 0 atom stereocenters. The quantitative estimate of drug-likeness (QED) is 0.856. The van der Waals surface area contributed by atoms with Crippen LogP contribution in [0.2, 0.25) is 5.02 Å². The van der Waals surface area contributed by atoms with E-state index in [1.165, 1.54) is 0 Å². The van der Waals surface area contributed by atoms with Gasteiger partial charge in [0.25, 0.3) is 0 Å². The molecule has 15 heavy (non-hydrogen) atoms. The molecule has 0 unspecified atom stereocenters. The first-order valence-corrected chi connectivity index (χ1v) is 5.54. The first kappa shape index (κ1) is 12.3. The minimum absolute atomic E-state index is 0.186. The molecule has 2 N–H and O–H groups in total. The van der Waals surface area contributed by atoms with Crippen LogP contribution in [0.3, 0.4) is 0 Å². The Morgan fingerprint density at radius 2 is 2.07 bits per heavy atom. The van der Waals surface area contributed by atoms with Gasteiger partial charge in [-0.05, 0) is 32.4 Å². The fourth-order valence-electron chi connectivity index (χ4n) is 1.20. The summed E-state index contributed by atoms with van der Waals surface area (Å²) in [6.07, 6.45) is 0.934. The molecule has 2 nitrogen and oxygen atoms in total. The van der Waals surface area contributed by atoms with E-state index in [0.29, 0.717) is 11.6 Å². The molecule has 0 fully saturated rings. The normalized spacial score (nSPS) is 11.5. The first-order chi connectivity index (χ1) is 7.00. The van der Waals surface area contributed by atoms with Crippen LogP contribution in [0.4, 0.5) is 0 Å². The number of hydrogen-bond donors (Lipinski definition) is 1. The highest BCUT2D eigenvalue weighted by Gasteiger charge is 2.19. The van der Waals surface area contributed by atoms with E-state index >= 15 is 0 Å². The topological polar surface area (TPSA) is 35.2 Å². The van der Waals surface area contributed by atoms with Crippen molar-refractivity contribution in [1.29, 1.82) is 0 Å². The van der Waals surface area contributed by atoms with Gasteiger partial charge in [-0.15, -0.1) is 0 Å². The summed E-state index contributed by atoms with van der Waals surface area (Å²) in [5.74, 6) is 0.789. The maximum absolute atomic E-state index is 6.04. The summed E-state index contributed by atoms with van der Waals surface area (Å²) in [6.45, 7) is 6.59. The third-order valence-electron chi connectivity index (χ3n) is 2.52. The fraction of sp³-hybridized carbons (Fsp3) is 0.500. The Labute approximate surface area is 96.4 Å². The Balaban J connectivity index is 2.99. The second-order valence-electron chi connectivity index (χ2n) is 4.14. The molecule has 84 valence electrons. The van der Waals surface area contributed by atoms with Crippen molar-refractivity contribution in [2.45, 2.75) is 39.3 Å². The predicted molar refractivity (Wildman–Crippen MR) is 64.3 cm³/mol. The zero-order valence-electron chi connectivity index (χ0n) is 9.51. The van der Waals surface area contributed by atoms with E-state index in [2.05, 4.69) is 6.92 Å². The predicted octanol–water partition coefficient (Wildman–Crippen LogP) is 3.37. The number of rotatable bonds is 4. The van der Waals surface area contributed by atoms with Crippen LogP contribution in [-0.4, -0.2) is 5.60 Å². The Bertz CT molecular complexity index is 336. The van der Waals surface area contributed by atoms with Gasteiger partial charge in [-0.1, -0.05) is 24.6 Å². The minimum Gasteiger partial charge on any atom is -0.487 e. The maximum atomic E-state index is 6.04. The van der Waals surface area contributed by atoms with Crippen LogP contribution in [-0.2, 0) is 6.54 Å². The number of halogens is 1. The first-order valence-electron chi connectivity index (χ1n) is 5.16. The van der Waals surface area contributed by atoms with Gasteiger partial charge in [0.05, 0.1) is 0 Å². The van der Waals surface area contributed by atoms with E-state index in [-0.39, 0.29) is 5.60 Å². The van der Waals surface area contributed by atoms with Crippen molar-refractivity contribution in [3.05, 3.63) is 28.8 Å². The molecule has 0 heterocycles. The highest BCUT2D eigenvalue weighted by Crippen LogP contribution is 2.29. The van der Waals surface area contributed by atoms with Crippen molar-refractivity contribution < 1.29 is 4.74 Å². The molecule has 1 aromatic carbocycles. The number of nitrogens with two attached hydrogens (primary N) is 1. The smallest absolute Gasteiger partial charge is 0.126 e. The molecule has 0 aromatic heterocycles. The van der Waals surface area contributed by atoms with E-state index in [9.17, 15) is 0 Å². The van der Waals surface area contributed by atoms with Crippen molar-refractivity contribution in [3.63, 3.8) is 0 Å². The summed E-state index contributed by atoms with van der Waals surface area (Å²) in [5, 5.41) is 0.668. The minimum atomic E-state index is -0.186. The third-order valence-corrected chi connectivity index (χ3v) is 2.87. The van der Waals surface area contributed by atoms with Crippen molar-refractivity contribution in [2.24, 2.45) is 5.73 Å². The van der Waals surface area contributed by atoms with Crippen LogP contribution >= 0.6 is 11.6 Å². The molecular formula is C12H18ClNO. The second-order valence-corrected chi connectivity index (χ2v) is 4.54. The van der Waals surface area contributed by atoms with Crippen molar-refractivity contribution in [3.8, 4) is 5.75 Å². The van der Waals surface area contributed by atoms with Crippen LogP contribution in [0.25, 0.3) is 0 Å². The van der Waals surface area contributed by atoms with Gasteiger partial charge in [0.1, 0.15) is 11.4 Å². The van der Waals surface area contributed by atoms with Crippen molar-refractivity contribution >= 4 is 11.6 Å². The van der Waals surface area contributed by atoms with Crippen LogP contribution in [0.5, 0.6) is 5.75 Å². The Morgan fingerprint density at radius 3 is 2.60 bits per heavy atom. The molecule has 0 saturated heterocycles. The van der Waals surface area contributed by atoms with E-state index in [1.807, 2.05) is 32.0 Å². The van der Waals surface area contributed by atoms with Gasteiger partial charge < -0.3 is 10.5 Å². The van der Waals surface area contributed by atoms with Gasteiger partial charge in [-0.25, -0.2) is 0 Å². The van der Waals surface area contributed by atoms with Crippen molar-refractivity contribution in [2.75, 3.05) is 0 Å². The van der Waals surface area contributed by atoms with Crippen molar-refractivity contribution in [1.82, 2.24) is 0 Å². The molecule has 3 heteroatoms. The Kier molecular flexibility index (Phi) is 4.00. The molecular weight excluding hydrogens is 210 g/mol. The van der Waals surface area contributed by atoms with Gasteiger partial charge in [0, 0.05) is 17.1 Å². The average Bonchev–Trinajstić information content (AvgIpc) is 2.18. The van der Waals surface area contributed by atoms with Gasteiger partial charge >= 0.3 is 0 Å². The Hall–Kier alpha value is -0.730. The zero-order chi connectivity index (χ0) is 11.5. The lowest BCUT2D eigenvalue weighted by molar-refractivity contribution is 0.104. The highest BCUT2D eigenvalue weighted by atomic mass is 35.5. The maximum Gasteiger partial charge on any atom is 0.126 e. The van der Waals surface area contributed by atoms with Gasteiger partial charge in [0.15, 0.2) is 0 Å². The molecule has 0 saturated carbocycles. The highest BCUT2D eigenvalue weighted by molar-refractivity contribution is 6.31. The van der Waals surface area contributed by atoms with E-state index in [0.717, 1.165) is 17.7 Å². The lowest BCUT2D eigenvalue weighted by Crippen LogP contribution is -2.27. The lowest BCUT2D eigenvalue weighted by Gasteiger charge is -2.26. The van der Waals surface area contributed by atoms with Gasteiger partial charge in [-0.3, -0.25) is 0 Å². The zero-order valence-corrected chi connectivity index (χ0v) is 10.3. The molecule has 0 aliphatic heterocycles. The van der Waals surface area contributed by atoms with Crippen LogP contribution in [0, 0.1) is 0 Å². The number of hydrogen-bond acceptors (Lipinski definition) is 2. The molecule has 1 rings (SSSR count). The van der Waals surface area contributed by atoms with E-state index < -0.39 is 0 Å². The largest absolute Gasteiger partial charge is 0.487 e. The monoisotopic (exact) mass is 227 g/mol. The standard InChI is InChI=1S/C12H18ClNO/c1-4-12(2,3)15-11-7-5-6-10(13)9(11)8-14/h5-7H,4,8,14H2,1-3H3. The summed E-state index contributed by atoms with van der Waals surface area (Å²) in [4.78, 5) is 0. The van der Waals surface area contributed by atoms with Crippen LogP contribution in [0.15, 0.2) is 18.2 Å². The molecule has 0 radical (unpaired) electrons. The Morgan fingerprint density at radius 1 is 1.40 bits per heavy atom. The molecule has 0 bridgehead atoms. The average molecular weight is 228 g/mol. The summed E-state index contributed by atoms with van der Waals surface area (Å²) in [6, 6.07) is 5.61. The van der Waals surface area contributed by atoms with Gasteiger partial charge in [0.2, 0.25) is 0 Å². The second kappa shape index (κ2) is 4.86. The summed E-state index contributed by atoms with van der Waals surface area (Å²) in [7, 11) is 0. The molecule has 0 aliphatic carbocycles. The molecule has 0 amide bonds.